The molecule has 2 fully saturated rings. The number of phenols is 1. The zero-order valence-corrected chi connectivity index (χ0v) is 19.9. The van der Waals surface area contributed by atoms with Crippen LogP contribution in [0.5, 0.6) is 5.75 Å². The molecule has 8 nitrogen and oxygen atoms in total. The van der Waals surface area contributed by atoms with Gasteiger partial charge in [0.1, 0.15) is 23.7 Å². The summed E-state index contributed by atoms with van der Waals surface area (Å²) in [5, 5.41) is 15.8. The number of amides is 1. The van der Waals surface area contributed by atoms with Crippen molar-refractivity contribution in [3.8, 4) is 5.75 Å². The summed E-state index contributed by atoms with van der Waals surface area (Å²) >= 11 is 0. The zero-order valence-electron chi connectivity index (χ0n) is 19.9. The molecule has 2 aliphatic rings. The zero-order chi connectivity index (χ0) is 24.0. The molecule has 9 heteroatoms. The molecule has 0 bridgehead atoms. The van der Waals surface area contributed by atoms with Crippen LogP contribution in [0.4, 0.5) is 10.1 Å². The average molecular weight is 449 g/mol. The second kappa shape index (κ2) is 14.3. The summed E-state index contributed by atoms with van der Waals surface area (Å²) in [7, 11) is 0. The fourth-order valence-electron chi connectivity index (χ4n) is 2.90. The molecule has 1 amide bonds. The number of nitrogens with zero attached hydrogens (tertiary/aromatic N) is 4. The van der Waals surface area contributed by atoms with Crippen LogP contribution in [0.2, 0.25) is 0 Å². The third-order valence-electron chi connectivity index (χ3n) is 4.49. The molecule has 32 heavy (non-hydrogen) atoms. The van der Waals surface area contributed by atoms with Crippen LogP contribution in [-0.4, -0.2) is 73.6 Å². The molecular weight excluding hydrogens is 411 g/mol. The lowest BCUT2D eigenvalue weighted by atomic mass is 9.75. The van der Waals surface area contributed by atoms with E-state index in [-0.39, 0.29) is 5.75 Å². The molecule has 0 atom stereocenters. The van der Waals surface area contributed by atoms with Crippen molar-refractivity contribution >= 4 is 30.0 Å². The Labute approximate surface area is 190 Å². The van der Waals surface area contributed by atoms with Crippen LogP contribution in [-0.2, 0) is 4.79 Å². The van der Waals surface area contributed by atoms with Gasteiger partial charge in [0.05, 0.1) is 12.2 Å². The maximum Gasteiger partial charge on any atom is 0.209 e. The minimum absolute atomic E-state index is 0.178. The fourth-order valence-corrected chi connectivity index (χ4v) is 2.90. The van der Waals surface area contributed by atoms with E-state index < -0.39 is 5.82 Å². The molecular formula is C23H37FN6O2. The lowest BCUT2D eigenvalue weighted by molar-refractivity contribution is -0.132. The number of carbonyl (C=O) groups excluding carboxylic acids is 1. The Balaban J connectivity index is 0.000000347. The van der Waals surface area contributed by atoms with Crippen LogP contribution >= 0.6 is 0 Å². The van der Waals surface area contributed by atoms with Gasteiger partial charge in [0.15, 0.2) is 0 Å². The monoisotopic (exact) mass is 448 g/mol. The molecule has 2 saturated heterocycles. The number of carbonyl (C=O) groups is 1. The third-order valence-corrected chi connectivity index (χ3v) is 4.49. The van der Waals surface area contributed by atoms with Gasteiger partial charge in [-0.1, -0.05) is 20.3 Å². The number of anilines is 1. The Morgan fingerprint density at radius 3 is 2.41 bits per heavy atom. The molecule has 1 spiro atoms. The highest BCUT2D eigenvalue weighted by atomic mass is 19.1. The number of phenolic OH excluding ortho intramolecular Hbond substituents is 1. The summed E-state index contributed by atoms with van der Waals surface area (Å²) in [5.74, 6) is -0.158. The molecule has 178 valence electrons. The van der Waals surface area contributed by atoms with Crippen molar-refractivity contribution in [1.29, 1.82) is 0 Å². The number of rotatable bonds is 6. The van der Waals surface area contributed by atoms with Crippen molar-refractivity contribution in [3.63, 3.8) is 0 Å². The van der Waals surface area contributed by atoms with Gasteiger partial charge in [0.25, 0.3) is 0 Å². The van der Waals surface area contributed by atoms with Crippen molar-refractivity contribution in [2.75, 3.05) is 44.6 Å². The van der Waals surface area contributed by atoms with E-state index in [9.17, 15) is 14.3 Å². The van der Waals surface area contributed by atoms with E-state index in [0.717, 1.165) is 44.4 Å². The number of benzene rings is 1. The van der Waals surface area contributed by atoms with Crippen molar-refractivity contribution in [2.45, 2.75) is 41.0 Å². The SMILES string of the molecule is CCC.CCN=CN=C(CN=C(C)C)Nc1ccc(F)cc1O.O=CN1CC2(CNC2)C1. The van der Waals surface area contributed by atoms with Gasteiger partial charge >= 0.3 is 0 Å². The van der Waals surface area contributed by atoms with E-state index in [0.29, 0.717) is 30.0 Å². The highest BCUT2D eigenvalue weighted by Gasteiger charge is 2.46. The number of aliphatic imine (C=N–C) groups is 3. The Kier molecular flexibility index (Phi) is 12.2. The molecule has 1 aromatic carbocycles. The maximum absolute atomic E-state index is 12.9. The summed E-state index contributed by atoms with van der Waals surface area (Å²) in [6, 6.07) is 3.74. The van der Waals surface area contributed by atoms with Crippen LogP contribution in [0.15, 0.2) is 33.2 Å². The molecule has 2 aliphatic heterocycles. The lowest BCUT2D eigenvalue weighted by Crippen LogP contribution is -2.70. The molecule has 0 saturated carbocycles. The first-order chi connectivity index (χ1) is 15.3. The van der Waals surface area contributed by atoms with E-state index in [1.54, 1.807) is 0 Å². The minimum Gasteiger partial charge on any atom is -0.506 e. The van der Waals surface area contributed by atoms with Gasteiger partial charge in [-0.05, 0) is 32.9 Å². The third kappa shape index (κ3) is 9.55. The highest BCUT2D eigenvalue weighted by Crippen LogP contribution is 2.32. The number of aromatic hydroxyl groups is 1. The van der Waals surface area contributed by atoms with Crippen LogP contribution < -0.4 is 10.6 Å². The molecule has 0 unspecified atom stereocenters. The van der Waals surface area contributed by atoms with Crippen LogP contribution in [0.1, 0.15) is 41.0 Å². The van der Waals surface area contributed by atoms with Crippen LogP contribution in [0, 0.1) is 11.2 Å². The highest BCUT2D eigenvalue weighted by molar-refractivity contribution is 6.02. The van der Waals surface area contributed by atoms with Crippen molar-refractivity contribution in [3.05, 3.63) is 24.0 Å². The molecule has 3 N–H and O–H groups in total. The lowest BCUT2D eigenvalue weighted by Gasteiger charge is -2.54. The number of halogens is 1. The van der Waals surface area contributed by atoms with E-state index >= 15 is 0 Å². The van der Waals surface area contributed by atoms with Crippen molar-refractivity contribution < 1.29 is 14.3 Å². The van der Waals surface area contributed by atoms with E-state index in [2.05, 4.69) is 39.5 Å². The number of amidine groups is 1. The Bertz CT molecular complexity index is 794. The average Bonchev–Trinajstić information content (AvgIpc) is 2.67. The predicted octanol–water partition coefficient (Wildman–Crippen LogP) is 3.34. The van der Waals surface area contributed by atoms with Crippen LogP contribution in [0.25, 0.3) is 0 Å². The Morgan fingerprint density at radius 2 is 1.94 bits per heavy atom. The molecule has 1 aromatic rings. The molecule has 3 rings (SSSR count). The first-order valence-electron chi connectivity index (χ1n) is 11.0. The second-order valence-electron chi connectivity index (χ2n) is 8.06. The van der Waals surface area contributed by atoms with Gasteiger partial charge in [-0.2, -0.15) is 0 Å². The quantitative estimate of drug-likeness (QED) is 0.269. The second-order valence-corrected chi connectivity index (χ2v) is 8.06. The first kappa shape index (κ1) is 27.2. The summed E-state index contributed by atoms with van der Waals surface area (Å²) in [5.41, 5.74) is 1.79. The summed E-state index contributed by atoms with van der Waals surface area (Å²) in [6.07, 6.45) is 3.62. The van der Waals surface area contributed by atoms with Crippen molar-refractivity contribution in [1.82, 2.24) is 10.2 Å². The van der Waals surface area contributed by atoms with Gasteiger partial charge in [0, 0.05) is 49.9 Å². The number of likely N-dealkylation sites (tertiary alicyclic amines) is 1. The normalized spacial score (nSPS) is 16.1. The summed E-state index contributed by atoms with van der Waals surface area (Å²) in [4.78, 5) is 24.3. The summed E-state index contributed by atoms with van der Waals surface area (Å²) < 4.78 is 12.9. The fraction of sp³-hybridized carbons (Fsp3) is 0.565. The molecule has 2 heterocycles. The van der Waals surface area contributed by atoms with Gasteiger partial charge in [-0.25, -0.2) is 9.38 Å². The Hall–Kier alpha value is -2.81. The van der Waals surface area contributed by atoms with E-state index in [1.165, 1.54) is 24.9 Å². The molecule has 0 aromatic heterocycles. The predicted molar refractivity (Wildman–Crippen MR) is 131 cm³/mol. The molecule has 0 radical (unpaired) electrons. The first-order valence-corrected chi connectivity index (χ1v) is 11.0. The van der Waals surface area contributed by atoms with Gasteiger partial charge in [-0.15, -0.1) is 0 Å². The smallest absolute Gasteiger partial charge is 0.209 e. The van der Waals surface area contributed by atoms with Gasteiger partial charge < -0.3 is 20.6 Å². The molecule has 0 aliphatic carbocycles. The number of nitrogens with one attached hydrogen (secondary N) is 2. The van der Waals surface area contributed by atoms with Gasteiger partial charge in [0.2, 0.25) is 6.41 Å². The topological polar surface area (TPSA) is 102 Å². The number of hydrogen-bond donors (Lipinski definition) is 3. The van der Waals surface area contributed by atoms with E-state index in [4.69, 9.17) is 0 Å². The minimum atomic E-state index is -0.499. The standard InChI is InChI=1S/C14H19FN4O.C6H10N2O.C3H8/c1-4-16-9-18-14(8-17-10(2)3)19-12-6-5-11(15)7-13(12)20;9-5-8-3-6(4-8)1-7-2-6;1-3-2/h5-7,9,20H,4,8H2,1-3H3,(H,16,18,19);5,7H,1-4H2;3H2,1-2H3. The van der Waals surface area contributed by atoms with Crippen molar-refractivity contribution in [2.24, 2.45) is 20.4 Å². The van der Waals surface area contributed by atoms with Gasteiger partial charge in [-0.3, -0.25) is 14.8 Å². The Morgan fingerprint density at radius 1 is 1.28 bits per heavy atom. The largest absolute Gasteiger partial charge is 0.506 e. The van der Waals surface area contributed by atoms with E-state index in [1.807, 2.05) is 25.7 Å². The number of hydrogen-bond acceptors (Lipinski definition) is 5. The maximum atomic E-state index is 12.9. The van der Waals surface area contributed by atoms with Crippen LogP contribution in [0.3, 0.4) is 0 Å². The summed E-state index contributed by atoms with van der Waals surface area (Å²) in [6.45, 7) is 15.0.